The van der Waals surface area contributed by atoms with Gasteiger partial charge in [-0.05, 0) is 36.7 Å². The van der Waals surface area contributed by atoms with Crippen molar-refractivity contribution >= 4 is 0 Å². The second kappa shape index (κ2) is 3.98. The van der Waals surface area contributed by atoms with E-state index in [1.165, 1.54) is 11.1 Å². The largest absolute Gasteiger partial charge is 0.490 e. The molecular weight excluding hydrogens is 202 g/mol. The van der Waals surface area contributed by atoms with Gasteiger partial charge in [0.1, 0.15) is 0 Å². The second-order valence-corrected chi connectivity index (χ2v) is 4.61. The molecule has 0 unspecified atom stereocenters. The average molecular weight is 219 g/mol. The second-order valence-electron chi connectivity index (χ2n) is 4.61. The molecule has 0 spiro atoms. The highest BCUT2D eigenvalue weighted by Gasteiger charge is 2.18. The van der Waals surface area contributed by atoms with Gasteiger partial charge >= 0.3 is 0 Å². The van der Waals surface area contributed by atoms with Crippen molar-refractivity contribution in [1.29, 1.82) is 0 Å². The van der Waals surface area contributed by atoms with Crippen molar-refractivity contribution in [3.8, 4) is 11.5 Å². The highest BCUT2D eigenvalue weighted by molar-refractivity contribution is 5.48. The van der Waals surface area contributed by atoms with Crippen LogP contribution in [0, 0.1) is 0 Å². The summed E-state index contributed by atoms with van der Waals surface area (Å²) in [7, 11) is 2.16. The summed E-state index contributed by atoms with van der Waals surface area (Å²) < 4.78 is 11.4. The number of benzene rings is 1. The minimum absolute atomic E-state index is 0.766. The highest BCUT2D eigenvalue weighted by Crippen LogP contribution is 2.34. The Kier molecular flexibility index (Phi) is 2.48. The molecule has 86 valence electrons. The lowest BCUT2D eigenvalue weighted by Crippen LogP contribution is -2.26. The fourth-order valence-electron chi connectivity index (χ4n) is 2.35. The molecule has 0 fully saturated rings. The van der Waals surface area contributed by atoms with Crippen LogP contribution in [0.5, 0.6) is 11.5 Å². The molecule has 3 nitrogen and oxygen atoms in total. The summed E-state index contributed by atoms with van der Waals surface area (Å²) in [5.74, 6) is 1.85. The van der Waals surface area contributed by atoms with Crippen LogP contribution in [0.25, 0.3) is 0 Å². The lowest BCUT2D eigenvalue weighted by atomic mass is 9.99. The Hall–Kier alpha value is -1.22. The first-order valence-electron chi connectivity index (χ1n) is 5.93. The number of fused-ring (bicyclic) bond motifs is 2. The third kappa shape index (κ3) is 1.76. The van der Waals surface area contributed by atoms with E-state index in [0.717, 1.165) is 50.6 Å². The summed E-state index contributed by atoms with van der Waals surface area (Å²) in [5, 5.41) is 0. The molecule has 0 saturated carbocycles. The fourth-order valence-corrected chi connectivity index (χ4v) is 2.35. The molecule has 0 amide bonds. The van der Waals surface area contributed by atoms with Crippen LogP contribution in [-0.4, -0.2) is 31.7 Å². The van der Waals surface area contributed by atoms with Crippen LogP contribution in [0.2, 0.25) is 0 Å². The Labute approximate surface area is 96.0 Å². The topological polar surface area (TPSA) is 21.7 Å². The number of hydrogen-bond donors (Lipinski definition) is 0. The Bertz CT molecular complexity index is 402. The fraction of sp³-hybridized carbons (Fsp3) is 0.538. The van der Waals surface area contributed by atoms with Crippen LogP contribution >= 0.6 is 0 Å². The van der Waals surface area contributed by atoms with Gasteiger partial charge in [0.25, 0.3) is 0 Å². The summed E-state index contributed by atoms with van der Waals surface area (Å²) in [6.45, 7) is 3.69. The van der Waals surface area contributed by atoms with Crippen LogP contribution in [0.15, 0.2) is 12.1 Å². The van der Waals surface area contributed by atoms with Crippen LogP contribution in [0.4, 0.5) is 0 Å². The third-order valence-electron chi connectivity index (χ3n) is 3.27. The summed E-state index contributed by atoms with van der Waals surface area (Å²) in [6.07, 6.45) is 2.09. The van der Waals surface area contributed by atoms with Gasteiger partial charge in [0.15, 0.2) is 11.5 Å². The Morgan fingerprint density at radius 3 is 2.50 bits per heavy atom. The van der Waals surface area contributed by atoms with Crippen molar-refractivity contribution in [3.63, 3.8) is 0 Å². The van der Waals surface area contributed by atoms with Crippen molar-refractivity contribution < 1.29 is 9.47 Å². The molecule has 3 heteroatoms. The Balaban J connectivity index is 1.99. The lowest BCUT2D eigenvalue weighted by Gasteiger charge is -2.25. The molecule has 0 atom stereocenters. The molecular formula is C13H17NO2. The molecule has 0 N–H and O–H groups in total. The van der Waals surface area contributed by atoms with Gasteiger partial charge in [-0.1, -0.05) is 0 Å². The standard InChI is InChI=1S/C13H17NO2/c1-14-4-3-10-7-12-13(8-11(10)9-14)16-6-2-5-15-12/h7-8H,2-6,9H2,1H3. The molecule has 2 heterocycles. The van der Waals surface area contributed by atoms with Crippen molar-refractivity contribution in [2.24, 2.45) is 0 Å². The van der Waals surface area contributed by atoms with E-state index in [1.54, 1.807) is 0 Å². The van der Waals surface area contributed by atoms with Gasteiger partial charge < -0.3 is 14.4 Å². The van der Waals surface area contributed by atoms with Crippen LogP contribution in [0.3, 0.4) is 0 Å². The van der Waals surface area contributed by atoms with Gasteiger partial charge in [-0.15, -0.1) is 0 Å². The van der Waals surface area contributed by atoms with E-state index >= 15 is 0 Å². The normalized spacial score (nSPS) is 20.1. The Morgan fingerprint density at radius 1 is 1.06 bits per heavy atom. The van der Waals surface area contributed by atoms with Crippen LogP contribution < -0.4 is 9.47 Å². The summed E-state index contributed by atoms with van der Waals surface area (Å²) in [5.41, 5.74) is 2.81. The molecule has 1 aromatic carbocycles. The molecule has 1 aromatic rings. The number of hydrogen-bond acceptors (Lipinski definition) is 3. The predicted molar refractivity (Wildman–Crippen MR) is 62.1 cm³/mol. The maximum atomic E-state index is 5.71. The first-order chi connectivity index (χ1) is 7.83. The van der Waals surface area contributed by atoms with E-state index in [4.69, 9.17) is 9.47 Å². The van der Waals surface area contributed by atoms with E-state index in [-0.39, 0.29) is 0 Å². The summed E-state index contributed by atoms with van der Waals surface area (Å²) in [4.78, 5) is 2.34. The van der Waals surface area contributed by atoms with Gasteiger partial charge in [-0.3, -0.25) is 0 Å². The Morgan fingerprint density at radius 2 is 1.75 bits per heavy atom. The first kappa shape index (κ1) is 9.97. The average Bonchev–Trinajstić information content (AvgIpc) is 2.50. The minimum atomic E-state index is 0.766. The summed E-state index contributed by atoms with van der Waals surface area (Å²) in [6, 6.07) is 4.33. The smallest absolute Gasteiger partial charge is 0.161 e. The lowest BCUT2D eigenvalue weighted by molar-refractivity contribution is 0.296. The van der Waals surface area contributed by atoms with Crippen LogP contribution in [0.1, 0.15) is 17.5 Å². The molecule has 16 heavy (non-hydrogen) atoms. The maximum Gasteiger partial charge on any atom is 0.161 e. The molecule has 2 aliphatic heterocycles. The summed E-state index contributed by atoms with van der Waals surface area (Å²) >= 11 is 0. The molecule has 3 rings (SSSR count). The van der Waals surface area contributed by atoms with E-state index < -0.39 is 0 Å². The van der Waals surface area contributed by atoms with Crippen molar-refractivity contribution in [2.75, 3.05) is 26.8 Å². The predicted octanol–water partition coefficient (Wildman–Crippen LogP) is 1.84. The van der Waals surface area contributed by atoms with E-state index in [9.17, 15) is 0 Å². The van der Waals surface area contributed by atoms with Crippen molar-refractivity contribution in [3.05, 3.63) is 23.3 Å². The number of ether oxygens (including phenoxy) is 2. The van der Waals surface area contributed by atoms with E-state index in [2.05, 4.69) is 24.1 Å². The molecule has 0 aliphatic carbocycles. The van der Waals surface area contributed by atoms with Gasteiger partial charge in [-0.25, -0.2) is 0 Å². The zero-order valence-corrected chi connectivity index (χ0v) is 9.66. The molecule has 0 saturated heterocycles. The monoisotopic (exact) mass is 219 g/mol. The molecule has 0 aromatic heterocycles. The number of nitrogens with zero attached hydrogens (tertiary/aromatic N) is 1. The molecule has 0 bridgehead atoms. The van der Waals surface area contributed by atoms with Gasteiger partial charge in [0.05, 0.1) is 13.2 Å². The van der Waals surface area contributed by atoms with Gasteiger partial charge in [0, 0.05) is 19.5 Å². The SMILES string of the molecule is CN1CCc2cc3c(cc2C1)OCCCO3. The van der Waals surface area contributed by atoms with E-state index in [1.807, 2.05) is 0 Å². The third-order valence-corrected chi connectivity index (χ3v) is 3.27. The first-order valence-corrected chi connectivity index (χ1v) is 5.93. The zero-order chi connectivity index (χ0) is 11.0. The number of rotatable bonds is 0. The van der Waals surface area contributed by atoms with Crippen molar-refractivity contribution in [2.45, 2.75) is 19.4 Å². The van der Waals surface area contributed by atoms with E-state index in [0.29, 0.717) is 0 Å². The van der Waals surface area contributed by atoms with Crippen LogP contribution in [-0.2, 0) is 13.0 Å². The number of likely N-dealkylation sites (N-methyl/N-ethyl adjacent to an activating group) is 1. The highest BCUT2D eigenvalue weighted by atomic mass is 16.5. The minimum Gasteiger partial charge on any atom is -0.490 e. The zero-order valence-electron chi connectivity index (χ0n) is 9.66. The van der Waals surface area contributed by atoms with Gasteiger partial charge in [0.2, 0.25) is 0 Å². The van der Waals surface area contributed by atoms with Crippen molar-refractivity contribution in [1.82, 2.24) is 4.90 Å². The molecule has 0 radical (unpaired) electrons. The quantitative estimate of drug-likeness (QED) is 0.664. The molecule has 2 aliphatic rings. The maximum absolute atomic E-state index is 5.71. The van der Waals surface area contributed by atoms with Gasteiger partial charge in [-0.2, -0.15) is 0 Å².